The Morgan fingerprint density at radius 3 is 1.91 bits per heavy atom. The summed E-state index contributed by atoms with van der Waals surface area (Å²) in [5, 5.41) is 0. The Morgan fingerprint density at radius 1 is 0.824 bits per heavy atom. The highest BCUT2D eigenvalue weighted by Crippen LogP contribution is 2.28. The van der Waals surface area contributed by atoms with Gasteiger partial charge in [-0.15, -0.1) is 46.4 Å². The third-order valence-corrected chi connectivity index (χ3v) is 7.46. The topological polar surface area (TPSA) is 35.5 Å². The fraction of sp³-hybridized carbons (Fsp3) is 0.375. The Balaban J connectivity index is 1.66. The van der Waals surface area contributed by atoms with Gasteiger partial charge >= 0.3 is 18.3 Å². The molecule has 0 aliphatic carbocycles. The van der Waals surface area contributed by atoms with Gasteiger partial charge in [-0.3, -0.25) is 0 Å². The van der Waals surface area contributed by atoms with Crippen molar-refractivity contribution < 1.29 is 27.4 Å². The number of esters is 1. The van der Waals surface area contributed by atoms with Gasteiger partial charge in [0.05, 0.1) is 6.61 Å². The Bertz CT molecular complexity index is 912. The molecule has 2 aromatic carbocycles. The molecule has 0 radical (unpaired) electrons. The smallest absolute Gasteiger partial charge is 0.463 e. The quantitative estimate of drug-likeness (QED) is 0.0817. The van der Waals surface area contributed by atoms with Crippen LogP contribution in [-0.2, 0) is 9.53 Å². The first kappa shape index (κ1) is 28.6. The summed E-state index contributed by atoms with van der Waals surface area (Å²) in [6.07, 6.45) is 4.20. The minimum absolute atomic E-state index is 0.271. The molecule has 2 rings (SSSR count). The Morgan fingerprint density at radius 2 is 1.35 bits per heavy atom. The van der Waals surface area contributed by atoms with E-state index in [1.165, 1.54) is 18.2 Å². The summed E-state index contributed by atoms with van der Waals surface area (Å²) < 4.78 is 45.8. The van der Waals surface area contributed by atoms with Gasteiger partial charge in [-0.1, -0.05) is 68.5 Å². The van der Waals surface area contributed by atoms with Crippen molar-refractivity contribution in [3.05, 3.63) is 60.2 Å². The average molecular weight is 554 g/mol. The van der Waals surface area contributed by atoms with Crippen molar-refractivity contribution >= 4 is 51.3 Å². The lowest BCUT2D eigenvalue weighted by atomic mass is 10.0. The third-order valence-electron chi connectivity index (χ3n) is 4.84. The van der Waals surface area contributed by atoms with Crippen LogP contribution >= 0.6 is 33.2 Å². The first-order chi connectivity index (χ1) is 16.0. The molecule has 0 amide bonds. The van der Waals surface area contributed by atoms with Crippen molar-refractivity contribution in [1.29, 1.82) is 0 Å². The summed E-state index contributed by atoms with van der Waals surface area (Å²) in [5.74, 6) is -0.676. The summed E-state index contributed by atoms with van der Waals surface area (Å²) in [4.78, 5) is 11.9. The van der Waals surface area contributed by atoms with Crippen LogP contribution in [0.25, 0.3) is 17.2 Å². The molecule has 0 aliphatic heterocycles. The van der Waals surface area contributed by atoms with Gasteiger partial charge in [-0.25, -0.2) is 4.79 Å². The number of hydrogen-bond donors (Lipinski definition) is 0. The Hall–Kier alpha value is -1.67. The van der Waals surface area contributed by atoms with E-state index in [-0.39, 0.29) is 5.75 Å². The first-order valence-corrected chi connectivity index (χ1v) is 16.1. The zero-order valence-electron chi connectivity index (χ0n) is 18.4. The number of unbranched alkanes of at least 4 members (excludes halogenated alkanes) is 5. The highest BCUT2D eigenvalue weighted by molar-refractivity contribution is 7.64. The minimum Gasteiger partial charge on any atom is -0.463 e. The van der Waals surface area contributed by atoms with E-state index >= 15 is 0 Å². The predicted octanol–water partition coefficient (Wildman–Crippen LogP) is 8.80. The van der Waals surface area contributed by atoms with Crippen molar-refractivity contribution in [2.24, 2.45) is 0 Å². The lowest BCUT2D eigenvalue weighted by Crippen LogP contribution is -2.16. The van der Waals surface area contributed by atoms with Crippen molar-refractivity contribution in [1.82, 2.24) is 0 Å². The van der Waals surface area contributed by atoms with E-state index in [0.717, 1.165) is 55.2 Å². The van der Waals surface area contributed by atoms with Gasteiger partial charge in [0.25, 0.3) is 0 Å². The second-order valence-corrected chi connectivity index (χ2v) is 17.0. The Labute approximate surface area is 212 Å². The van der Waals surface area contributed by atoms with Crippen LogP contribution in [0.3, 0.4) is 0 Å². The molecule has 2 aromatic rings. The number of carbonyl (C=O) groups is 1. The highest BCUT2D eigenvalue weighted by atomic mass is 35.8. The molecule has 0 saturated heterocycles. The minimum atomic E-state index is -4.72. The van der Waals surface area contributed by atoms with Crippen LogP contribution < -0.4 is 4.74 Å². The highest BCUT2D eigenvalue weighted by Gasteiger charge is 2.31. The largest absolute Gasteiger partial charge is 0.573 e. The SMILES string of the molecule is O=C(/C=C/c1ccc(-c2ccc(OC(F)(F)F)cc2)cc1)OCCCCCCCC[Si](Cl)(Cl)Cl. The van der Waals surface area contributed by atoms with Crippen molar-refractivity contribution in [2.45, 2.75) is 50.9 Å². The standard InChI is InChI=1S/C24H26Cl3F3O3Si/c25-34(26,27)18-6-4-2-1-3-5-17-32-23(31)16-9-19-7-10-20(11-8-19)21-12-14-22(15-13-21)33-24(28,29)30/h7-16H,1-6,17-18H2/b16-9+. The molecule has 0 fully saturated rings. The van der Waals surface area contributed by atoms with E-state index < -0.39 is 18.3 Å². The van der Waals surface area contributed by atoms with Crippen LogP contribution in [0.15, 0.2) is 54.6 Å². The normalized spacial score (nSPS) is 12.2. The summed E-state index contributed by atoms with van der Waals surface area (Å²) in [7, 11) is 0. The zero-order valence-corrected chi connectivity index (χ0v) is 21.7. The number of halogens is 6. The summed E-state index contributed by atoms with van der Waals surface area (Å²) in [6.45, 7) is 0.372. The lowest BCUT2D eigenvalue weighted by Gasteiger charge is -2.09. The molecule has 0 N–H and O–H groups in total. The van der Waals surface area contributed by atoms with E-state index in [1.54, 1.807) is 18.2 Å². The molecule has 3 nitrogen and oxygen atoms in total. The van der Waals surface area contributed by atoms with E-state index in [4.69, 9.17) is 38.0 Å². The molecule has 0 heterocycles. The molecule has 10 heteroatoms. The van der Waals surface area contributed by atoms with Crippen LogP contribution in [0.5, 0.6) is 5.75 Å². The predicted molar refractivity (Wildman–Crippen MR) is 134 cm³/mol. The first-order valence-electron chi connectivity index (χ1n) is 10.9. The lowest BCUT2D eigenvalue weighted by molar-refractivity contribution is -0.274. The maximum Gasteiger partial charge on any atom is 0.573 e. The molecular weight excluding hydrogens is 528 g/mol. The number of ether oxygens (including phenoxy) is 2. The number of carbonyl (C=O) groups excluding carboxylic acids is 1. The van der Waals surface area contributed by atoms with Gasteiger partial charge in [0, 0.05) is 6.08 Å². The van der Waals surface area contributed by atoms with Gasteiger partial charge in [-0.2, -0.15) is 0 Å². The molecule has 0 spiro atoms. The second kappa shape index (κ2) is 14.0. The van der Waals surface area contributed by atoms with Gasteiger partial charge in [0.15, 0.2) is 0 Å². The van der Waals surface area contributed by atoms with Crippen LogP contribution in [0.4, 0.5) is 13.2 Å². The second-order valence-electron chi connectivity index (χ2n) is 7.68. The molecule has 0 aromatic heterocycles. The molecule has 0 saturated carbocycles. The summed E-state index contributed by atoms with van der Waals surface area (Å²) in [6, 6.07) is 11.1. The molecule has 0 aliphatic rings. The van der Waals surface area contributed by atoms with Gasteiger partial charge in [-0.05, 0) is 47.4 Å². The van der Waals surface area contributed by atoms with Crippen LogP contribution in [0.2, 0.25) is 6.04 Å². The van der Waals surface area contributed by atoms with E-state index in [2.05, 4.69) is 4.74 Å². The zero-order chi connectivity index (χ0) is 25.0. The summed E-state index contributed by atoms with van der Waals surface area (Å²) in [5.41, 5.74) is 2.37. The number of hydrogen-bond acceptors (Lipinski definition) is 3. The average Bonchev–Trinajstić information content (AvgIpc) is 2.75. The molecule has 34 heavy (non-hydrogen) atoms. The third kappa shape index (κ3) is 12.7. The van der Waals surface area contributed by atoms with Gasteiger partial charge in [0.1, 0.15) is 5.75 Å². The fourth-order valence-corrected chi connectivity index (χ4v) is 5.01. The maximum absolute atomic E-state index is 12.3. The molecule has 186 valence electrons. The van der Waals surface area contributed by atoms with Gasteiger partial charge in [0.2, 0.25) is 0 Å². The number of alkyl halides is 3. The monoisotopic (exact) mass is 552 g/mol. The van der Waals surface area contributed by atoms with E-state index in [0.29, 0.717) is 12.7 Å². The molecule has 0 unspecified atom stereocenters. The van der Waals surface area contributed by atoms with Crippen molar-refractivity contribution in [2.75, 3.05) is 6.61 Å². The van der Waals surface area contributed by atoms with Crippen molar-refractivity contribution in [3.63, 3.8) is 0 Å². The van der Waals surface area contributed by atoms with Crippen molar-refractivity contribution in [3.8, 4) is 16.9 Å². The van der Waals surface area contributed by atoms with E-state index in [9.17, 15) is 18.0 Å². The maximum atomic E-state index is 12.3. The molecular formula is C24H26Cl3F3O3Si. The number of rotatable bonds is 13. The van der Waals surface area contributed by atoms with Gasteiger partial charge < -0.3 is 9.47 Å². The van der Waals surface area contributed by atoms with Crippen LogP contribution in [0.1, 0.15) is 44.1 Å². The van der Waals surface area contributed by atoms with Crippen LogP contribution in [-0.4, -0.2) is 24.9 Å². The Kier molecular flexibility index (Phi) is 11.8. The molecule has 0 bridgehead atoms. The summed E-state index contributed by atoms with van der Waals surface area (Å²) >= 11 is 17.5. The van der Waals surface area contributed by atoms with E-state index in [1.807, 2.05) is 24.3 Å². The number of benzene rings is 2. The van der Waals surface area contributed by atoms with Crippen LogP contribution in [0, 0.1) is 0 Å². The molecule has 0 atom stereocenters. The fourth-order valence-electron chi connectivity index (χ4n) is 3.16.